The van der Waals surface area contributed by atoms with Gasteiger partial charge < -0.3 is 10.1 Å². The van der Waals surface area contributed by atoms with Gasteiger partial charge in [-0.25, -0.2) is 4.39 Å². The molecule has 2 aromatic heterocycles. The Morgan fingerprint density at radius 3 is 2.62 bits per heavy atom. The van der Waals surface area contributed by atoms with E-state index in [1.807, 2.05) is 6.07 Å². The number of H-pyrrole nitrogens is 1. The SMILES string of the molecule is COC1(C)C=CC([C@]2(C(F)(F)F)CC(c3ccc(C4CC4)s3)=C(c3nn[nH]n3)C(=O)N2)[C@H](F)C1. The predicted molar refractivity (Wildman–Crippen MR) is 116 cm³/mol. The van der Waals surface area contributed by atoms with E-state index in [1.54, 1.807) is 13.0 Å². The van der Waals surface area contributed by atoms with Crippen molar-refractivity contribution < 1.29 is 27.1 Å². The molecule has 7 nitrogen and oxygen atoms in total. The fourth-order valence-electron chi connectivity index (χ4n) is 4.83. The Hall–Kier alpha value is -2.60. The number of thiophene rings is 1. The van der Waals surface area contributed by atoms with Crippen LogP contribution in [0.3, 0.4) is 0 Å². The molecular weight excluding hydrogens is 474 g/mol. The maximum atomic E-state index is 15.4. The summed E-state index contributed by atoms with van der Waals surface area (Å²) in [5, 5.41) is 15.5. The molecule has 3 heterocycles. The van der Waals surface area contributed by atoms with Crippen molar-refractivity contribution in [2.45, 2.75) is 62.0 Å². The third-order valence-corrected chi connectivity index (χ3v) is 8.29. The number of aromatic amines is 1. The fraction of sp³-hybridized carbons (Fsp3) is 0.545. The molecule has 1 fully saturated rings. The van der Waals surface area contributed by atoms with E-state index in [1.165, 1.54) is 30.6 Å². The number of nitrogens with zero attached hydrogens (tertiary/aromatic N) is 3. The largest absolute Gasteiger partial charge is 0.412 e. The quantitative estimate of drug-likeness (QED) is 0.478. The summed E-state index contributed by atoms with van der Waals surface area (Å²) in [5.74, 6) is -2.36. The van der Waals surface area contributed by atoms with Gasteiger partial charge in [-0.15, -0.1) is 21.5 Å². The Bertz CT molecular complexity index is 1160. The van der Waals surface area contributed by atoms with E-state index >= 15 is 4.39 Å². The van der Waals surface area contributed by atoms with Crippen LogP contribution in [0.2, 0.25) is 0 Å². The van der Waals surface area contributed by atoms with Crippen LogP contribution in [0.5, 0.6) is 0 Å². The van der Waals surface area contributed by atoms with Crippen LogP contribution < -0.4 is 5.32 Å². The molecule has 0 aromatic carbocycles. The molecule has 1 aliphatic heterocycles. The minimum Gasteiger partial charge on any atom is -0.374 e. The van der Waals surface area contributed by atoms with Crippen molar-refractivity contribution in [1.82, 2.24) is 25.9 Å². The molecule has 2 unspecified atom stereocenters. The summed E-state index contributed by atoms with van der Waals surface area (Å²) in [6, 6.07) is 3.60. The summed E-state index contributed by atoms with van der Waals surface area (Å²) in [5.41, 5.74) is -3.82. The number of alkyl halides is 4. The van der Waals surface area contributed by atoms with Crippen LogP contribution >= 0.6 is 11.3 Å². The number of nitrogens with one attached hydrogen (secondary N) is 2. The number of carbonyl (C=O) groups excluding carboxylic acids is 1. The molecule has 2 aromatic rings. The molecule has 182 valence electrons. The molecule has 1 amide bonds. The van der Waals surface area contributed by atoms with E-state index in [0.717, 1.165) is 17.7 Å². The van der Waals surface area contributed by atoms with E-state index < -0.39 is 41.7 Å². The number of hydrogen-bond donors (Lipinski definition) is 2. The molecule has 3 aliphatic rings. The number of carbonyl (C=O) groups is 1. The van der Waals surface area contributed by atoms with Crippen molar-refractivity contribution in [2.24, 2.45) is 5.92 Å². The summed E-state index contributed by atoms with van der Waals surface area (Å²) < 4.78 is 65.0. The zero-order chi connectivity index (χ0) is 24.3. The highest BCUT2D eigenvalue weighted by atomic mass is 32.1. The van der Waals surface area contributed by atoms with Crippen molar-refractivity contribution in [1.29, 1.82) is 0 Å². The number of amides is 1. The van der Waals surface area contributed by atoms with Gasteiger partial charge in [0.2, 0.25) is 5.82 Å². The first-order valence-electron chi connectivity index (χ1n) is 10.9. The van der Waals surface area contributed by atoms with Crippen molar-refractivity contribution in [2.75, 3.05) is 7.11 Å². The molecule has 0 radical (unpaired) electrons. The Kier molecular flexibility index (Phi) is 5.43. The van der Waals surface area contributed by atoms with Crippen LogP contribution in [0.4, 0.5) is 17.6 Å². The molecule has 1 saturated carbocycles. The first-order chi connectivity index (χ1) is 16.1. The monoisotopic (exact) mass is 497 g/mol. The van der Waals surface area contributed by atoms with Gasteiger partial charge in [0.15, 0.2) is 0 Å². The Morgan fingerprint density at radius 1 is 1.26 bits per heavy atom. The van der Waals surface area contributed by atoms with Gasteiger partial charge in [-0.3, -0.25) is 4.79 Å². The van der Waals surface area contributed by atoms with Gasteiger partial charge in [0.1, 0.15) is 11.7 Å². The van der Waals surface area contributed by atoms with Crippen LogP contribution in [-0.4, -0.2) is 57.1 Å². The third-order valence-electron chi connectivity index (χ3n) is 6.98. The molecule has 0 saturated heterocycles. The smallest absolute Gasteiger partial charge is 0.374 e. The van der Waals surface area contributed by atoms with Crippen molar-refractivity contribution in [3.8, 4) is 0 Å². The lowest BCUT2D eigenvalue weighted by atomic mass is 9.68. The second kappa shape index (κ2) is 7.98. The molecule has 4 atom stereocenters. The van der Waals surface area contributed by atoms with Crippen LogP contribution in [0.25, 0.3) is 11.1 Å². The highest BCUT2D eigenvalue weighted by molar-refractivity contribution is 7.13. The number of hydrogen-bond acceptors (Lipinski definition) is 6. The predicted octanol–water partition coefficient (Wildman–Crippen LogP) is 4.19. The Morgan fingerprint density at radius 2 is 2.03 bits per heavy atom. The average Bonchev–Trinajstić information content (AvgIpc) is 3.27. The van der Waals surface area contributed by atoms with Crippen molar-refractivity contribution in [3.05, 3.63) is 39.9 Å². The number of rotatable bonds is 5. The molecular formula is C22H23F4N5O2S. The van der Waals surface area contributed by atoms with Crippen molar-refractivity contribution >= 4 is 28.4 Å². The molecule has 5 rings (SSSR count). The van der Waals surface area contributed by atoms with Gasteiger partial charge in [0.25, 0.3) is 5.91 Å². The second-order valence-corrected chi connectivity index (χ2v) is 10.4. The van der Waals surface area contributed by atoms with Crippen LogP contribution in [0, 0.1) is 5.92 Å². The number of halogens is 4. The third kappa shape index (κ3) is 3.76. The maximum absolute atomic E-state index is 15.4. The van der Waals surface area contributed by atoms with Gasteiger partial charge in [0, 0.05) is 35.6 Å². The number of ether oxygens (including phenoxy) is 1. The van der Waals surface area contributed by atoms with E-state index in [2.05, 4.69) is 25.9 Å². The zero-order valence-corrected chi connectivity index (χ0v) is 19.3. The summed E-state index contributed by atoms with van der Waals surface area (Å²) in [4.78, 5) is 14.8. The van der Waals surface area contributed by atoms with Gasteiger partial charge in [-0.1, -0.05) is 12.2 Å². The lowest BCUT2D eigenvalue weighted by Gasteiger charge is -2.48. The minimum atomic E-state index is -4.94. The Balaban J connectivity index is 1.65. The van der Waals surface area contributed by atoms with Gasteiger partial charge in [-0.2, -0.15) is 18.4 Å². The highest BCUT2D eigenvalue weighted by Crippen LogP contribution is 2.53. The summed E-state index contributed by atoms with van der Waals surface area (Å²) in [7, 11) is 1.38. The van der Waals surface area contributed by atoms with Crippen LogP contribution in [-0.2, 0) is 9.53 Å². The number of methoxy groups -OCH3 is 1. The molecule has 2 N–H and O–H groups in total. The molecule has 2 aliphatic carbocycles. The van der Waals surface area contributed by atoms with Gasteiger partial charge in [-0.05, 0) is 48.6 Å². The van der Waals surface area contributed by atoms with E-state index in [4.69, 9.17) is 4.74 Å². The van der Waals surface area contributed by atoms with E-state index in [9.17, 15) is 18.0 Å². The van der Waals surface area contributed by atoms with Crippen LogP contribution in [0.1, 0.15) is 54.1 Å². The fourth-order valence-corrected chi connectivity index (χ4v) is 6.05. The summed E-state index contributed by atoms with van der Waals surface area (Å²) >= 11 is 1.35. The Labute approximate surface area is 196 Å². The average molecular weight is 498 g/mol. The molecule has 34 heavy (non-hydrogen) atoms. The van der Waals surface area contributed by atoms with E-state index in [-0.39, 0.29) is 23.4 Å². The van der Waals surface area contributed by atoms with E-state index in [0.29, 0.717) is 10.8 Å². The molecule has 12 heteroatoms. The molecule has 0 bridgehead atoms. The zero-order valence-electron chi connectivity index (χ0n) is 18.4. The maximum Gasteiger partial charge on any atom is 0.412 e. The lowest BCUT2D eigenvalue weighted by Crippen LogP contribution is -2.67. The highest BCUT2D eigenvalue weighted by Gasteiger charge is 2.64. The minimum absolute atomic E-state index is 0.0882. The van der Waals surface area contributed by atoms with Crippen LogP contribution in [0.15, 0.2) is 24.3 Å². The molecule has 0 spiro atoms. The summed E-state index contributed by atoms with van der Waals surface area (Å²) in [6.07, 6.45) is -3.07. The first kappa shape index (κ1) is 23.2. The second-order valence-electron chi connectivity index (χ2n) is 9.29. The topological polar surface area (TPSA) is 92.8 Å². The first-order valence-corrected chi connectivity index (χ1v) is 11.7. The van der Waals surface area contributed by atoms with Crippen molar-refractivity contribution in [3.63, 3.8) is 0 Å². The van der Waals surface area contributed by atoms with Gasteiger partial charge in [0.05, 0.1) is 11.2 Å². The summed E-state index contributed by atoms with van der Waals surface area (Å²) in [6.45, 7) is 1.61. The standard InChI is InChI=1S/C22H23F4N5O2S/c1-20(33-2)8-7-13(14(23)10-20)21(22(24,25)26)9-12(16-6-5-15(34-16)11-3-4-11)17(19(32)27-21)18-28-30-31-29-18/h5-8,11,13-14H,3-4,9-10H2,1-2H3,(H,27,32)(H,28,29,30,31)/t13?,14-,20?,21+/m1/s1. The van der Waals surface area contributed by atoms with Gasteiger partial charge >= 0.3 is 6.18 Å². The lowest BCUT2D eigenvalue weighted by molar-refractivity contribution is -0.215. The number of aromatic nitrogens is 4. The normalized spacial score (nSPS) is 32.2. The number of tetrazole rings is 1.